The number of aryl methyl sites for hydroxylation is 1. The van der Waals surface area contributed by atoms with Crippen LogP contribution in [0.25, 0.3) is 16.6 Å². The molecule has 2 aromatic heterocycles. The predicted octanol–water partition coefficient (Wildman–Crippen LogP) is 5.52. The lowest BCUT2D eigenvalue weighted by molar-refractivity contribution is 0.0600. The van der Waals surface area contributed by atoms with Gasteiger partial charge in [0.05, 0.1) is 29.8 Å². The molecule has 2 heterocycles. The minimum absolute atomic E-state index is 0.142. The number of hydrogen-bond donors (Lipinski definition) is 0. The summed E-state index contributed by atoms with van der Waals surface area (Å²) in [7, 11) is 1.38. The molecule has 1 aliphatic rings. The van der Waals surface area contributed by atoms with E-state index in [9.17, 15) is 9.59 Å². The van der Waals surface area contributed by atoms with Crippen molar-refractivity contribution in [3.63, 3.8) is 0 Å². The first kappa shape index (κ1) is 23.7. The molecule has 36 heavy (non-hydrogen) atoms. The first-order valence-electron chi connectivity index (χ1n) is 12.4. The summed E-state index contributed by atoms with van der Waals surface area (Å²) in [6, 6.07) is 16.8. The Hall–Kier alpha value is -4.00. The van der Waals surface area contributed by atoms with Gasteiger partial charge in [0.15, 0.2) is 0 Å². The van der Waals surface area contributed by atoms with Crippen LogP contribution in [0.2, 0.25) is 0 Å². The number of hydrogen-bond acceptors (Lipinski definition) is 5. The van der Waals surface area contributed by atoms with Crippen molar-refractivity contribution in [3.05, 3.63) is 93.3 Å². The number of carbonyl (C=O) groups excluding carboxylic acids is 1. The van der Waals surface area contributed by atoms with Gasteiger partial charge in [-0.3, -0.25) is 4.79 Å². The van der Waals surface area contributed by atoms with Crippen LogP contribution in [0.3, 0.4) is 0 Å². The molecule has 2 aromatic carbocycles. The van der Waals surface area contributed by atoms with Gasteiger partial charge < -0.3 is 9.30 Å². The molecule has 0 bridgehead atoms. The molecule has 1 saturated carbocycles. The van der Waals surface area contributed by atoms with Gasteiger partial charge in [-0.1, -0.05) is 37.5 Å². The highest BCUT2D eigenvalue weighted by molar-refractivity contribution is 5.90. The highest BCUT2D eigenvalue weighted by Gasteiger charge is 2.22. The Kier molecular flexibility index (Phi) is 6.55. The SMILES string of the molecule is COC(=O)c1cccc(-n2c(C)cc(C=Nn3c(C4CCCCC4)nc4ccccc4c3=O)c2C)c1. The quantitative estimate of drug-likeness (QED) is 0.277. The third-order valence-electron chi connectivity index (χ3n) is 7.06. The number of para-hydroxylation sites is 1. The van der Waals surface area contributed by atoms with Gasteiger partial charge in [-0.05, 0) is 63.1 Å². The second-order valence-electron chi connectivity index (χ2n) is 9.39. The number of fused-ring (bicyclic) bond motifs is 1. The molecule has 0 atom stereocenters. The van der Waals surface area contributed by atoms with Gasteiger partial charge in [0.2, 0.25) is 0 Å². The van der Waals surface area contributed by atoms with Gasteiger partial charge in [0, 0.05) is 28.6 Å². The maximum Gasteiger partial charge on any atom is 0.337 e. The average molecular weight is 483 g/mol. The van der Waals surface area contributed by atoms with E-state index in [1.165, 1.54) is 18.2 Å². The van der Waals surface area contributed by atoms with Crippen molar-refractivity contribution in [1.29, 1.82) is 0 Å². The van der Waals surface area contributed by atoms with E-state index in [4.69, 9.17) is 14.8 Å². The van der Waals surface area contributed by atoms with Crippen LogP contribution in [0.15, 0.2) is 64.5 Å². The number of methoxy groups -OCH3 is 1. The second-order valence-corrected chi connectivity index (χ2v) is 9.39. The minimum Gasteiger partial charge on any atom is -0.465 e. The number of rotatable bonds is 5. The zero-order chi connectivity index (χ0) is 25.2. The lowest BCUT2D eigenvalue weighted by Gasteiger charge is -2.22. The molecule has 5 rings (SSSR count). The first-order chi connectivity index (χ1) is 17.5. The molecular formula is C29H30N4O3. The lowest BCUT2D eigenvalue weighted by atomic mass is 9.88. The van der Waals surface area contributed by atoms with E-state index in [2.05, 4.69) is 4.57 Å². The fraction of sp³-hybridized carbons (Fsp3) is 0.310. The number of nitrogens with zero attached hydrogens (tertiary/aromatic N) is 4. The van der Waals surface area contributed by atoms with E-state index < -0.39 is 0 Å². The third-order valence-corrected chi connectivity index (χ3v) is 7.06. The highest BCUT2D eigenvalue weighted by atomic mass is 16.5. The second kappa shape index (κ2) is 9.93. The molecule has 0 aliphatic heterocycles. The van der Waals surface area contributed by atoms with Crippen molar-refractivity contribution < 1.29 is 9.53 Å². The van der Waals surface area contributed by atoms with Crippen LogP contribution in [-0.4, -0.2) is 33.5 Å². The number of esters is 1. The molecule has 0 N–H and O–H groups in total. The summed E-state index contributed by atoms with van der Waals surface area (Å²) in [6.07, 6.45) is 7.29. The van der Waals surface area contributed by atoms with Crippen LogP contribution < -0.4 is 5.56 Å². The van der Waals surface area contributed by atoms with E-state index in [0.29, 0.717) is 10.9 Å². The molecule has 7 heteroatoms. The van der Waals surface area contributed by atoms with E-state index in [1.807, 2.05) is 62.4 Å². The molecule has 0 radical (unpaired) electrons. The molecular weight excluding hydrogens is 452 g/mol. The number of benzene rings is 2. The van der Waals surface area contributed by atoms with Crippen molar-refractivity contribution in [2.75, 3.05) is 7.11 Å². The van der Waals surface area contributed by atoms with E-state index >= 15 is 0 Å². The van der Waals surface area contributed by atoms with Crippen molar-refractivity contribution in [3.8, 4) is 5.69 Å². The summed E-state index contributed by atoms with van der Waals surface area (Å²) < 4.78 is 8.44. The summed E-state index contributed by atoms with van der Waals surface area (Å²) in [5.74, 6) is 0.593. The summed E-state index contributed by atoms with van der Waals surface area (Å²) >= 11 is 0. The molecule has 1 aliphatic carbocycles. The smallest absolute Gasteiger partial charge is 0.337 e. The lowest BCUT2D eigenvalue weighted by Crippen LogP contribution is -2.25. The van der Waals surface area contributed by atoms with Crippen molar-refractivity contribution in [2.45, 2.75) is 51.9 Å². The largest absolute Gasteiger partial charge is 0.465 e. The van der Waals surface area contributed by atoms with E-state index in [0.717, 1.165) is 59.7 Å². The van der Waals surface area contributed by atoms with Crippen LogP contribution in [0.1, 0.15) is 71.2 Å². The van der Waals surface area contributed by atoms with Gasteiger partial charge in [0.1, 0.15) is 5.82 Å². The number of ether oxygens (including phenoxy) is 1. The Labute approximate surface area is 210 Å². The standard InChI is InChI=1S/C29H30N4O3/c1-19-16-23(20(2)32(19)24-13-9-12-22(17-24)29(35)36-3)18-30-33-27(21-10-5-4-6-11-21)31-26-15-8-7-14-25(26)28(33)34/h7-9,12-18,21H,4-6,10-11H2,1-3H3. The van der Waals surface area contributed by atoms with Crippen LogP contribution in [0.5, 0.6) is 0 Å². The Morgan fingerprint density at radius 3 is 2.61 bits per heavy atom. The van der Waals surface area contributed by atoms with Gasteiger partial charge in [-0.2, -0.15) is 9.78 Å². The van der Waals surface area contributed by atoms with Gasteiger partial charge >= 0.3 is 5.97 Å². The topological polar surface area (TPSA) is 78.5 Å². The third kappa shape index (κ3) is 4.37. The van der Waals surface area contributed by atoms with Crippen LogP contribution >= 0.6 is 0 Å². The average Bonchev–Trinajstić information content (AvgIpc) is 3.20. The molecule has 0 unspecified atom stereocenters. The summed E-state index contributed by atoms with van der Waals surface area (Å²) in [5, 5.41) is 5.27. The zero-order valence-electron chi connectivity index (χ0n) is 20.9. The fourth-order valence-corrected chi connectivity index (χ4v) is 5.20. The fourth-order valence-electron chi connectivity index (χ4n) is 5.20. The predicted molar refractivity (Wildman–Crippen MR) is 141 cm³/mol. The zero-order valence-corrected chi connectivity index (χ0v) is 20.9. The first-order valence-corrected chi connectivity index (χ1v) is 12.4. The normalized spacial score (nSPS) is 14.5. The molecule has 7 nitrogen and oxygen atoms in total. The Bertz CT molecular complexity index is 1520. The minimum atomic E-state index is -0.375. The van der Waals surface area contributed by atoms with Gasteiger partial charge in [0.25, 0.3) is 5.56 Å². The molecule has 0 amide bonds. The molecule has 184 valence electrons. The summed E-state index contributed by atoms with van der Waals surface area (Å²) in [6.45, 7) is 4.01. The molecule has 0 spiro atoms. The van der Waals surface area contributed by atoms with Crippen LogP contribution in [0, 0.1) is 13.8 Å². The van der Waals surface area contributed by atoms with Crippen LogP contribution in [0.4, 0.5) is 0 Å². The number of carbonyl (C=O) groups is 1. The Balaban J connectivity index is 1.58. The highest BCUT2D eigenvalue weighted by Crippen LogP contribution is 2.32. The maximum atomic E-state index is 13.5. The van der Waals surface area contributed by atoms with Crippen molar-refractivity contribution in [1.82, 2.24) is 14.2 Å². The monoisotopic (exact) mass is 482 g/mol. The summed E-state index contributed by atoms with van der Waals surface area (Å²) in [5.41, 5.74) is 4.77. The molecule has 4 aromatic rings. The summed E-state index contributed by atoms with van der Waals surface area (Å²) in [4.78, 5) is 30.4. The van der Waals surface area contributed by atoms with Gasteiger partial charge in [-0.25, -0.2) is 9.78 Å². The Morgan fingerprint density at radius 2 is 1.83 bits per heavy atom. The van der Waals surface area contributed by atoms with Crippen LogP contribution in [-0.2, 0) is 4.74 Å². The van der Waals surface area contributed by atoms with E-state index in [1.54, 1.807) is 12.3 Å². The molecule has 0 saturated heterocycles. The maximum absolute atomic E-state index is 13.5. The van der Waals surface area contributed by atoms with E-state index in [-0.39, 0.29) is 17.4 Å². The van der Waals surface area contributed by atoms with Crippen molar-refractivity contribution >= 4 is 23.1 Å². The molecule has 1 fully saturated rings. The van der Waals surface area contributed by atoms with Crippen molar-refractivity contribution in [2.24, 2.45) is 5.10 Å². The Morgan fingerprint density at radius 1 is 1.06 bits per heavy atom. The van der Waals surface area contributed by atoms with Gasteiger partial charge in [-0.15, -0.1) is 0 Å². The number of aromatic nitrogens is 3.